The van der Waals surface area contributed by atoms with E-state index in [1.807, 2.05) is 25.1 Å². The van der Waals surface area contributed by atoms with E-state index in [9.17, 15) is 4.79 Å². The summed E-state index contributed by atoms with van der Waals surface area (Å²) in [5.41, 5.74) is 2.97. The molecule has 0 fully saturated rings. The number of carbonyl (C=O) groups excluding carboxylic acids is 1. The standard InChI is InChI=1S/C14H11ClN2O/c1-9-2-4-12-10(6-9)8-17(14(12)18)13-5-3-11(15)7-16-13/h2-7H,8H2,1H3. The minimum atomic E-state index is -0.000164. The predicted molar refractivity (Wildman–Crippen MR) is 70.9 cm³/mol. The number of nitrogens with zero attached hydrogens (tertiary/aromatic N) is 2. The van der Waals surface area contributed by atoms with E-state index in [4.69, 9.17) is 11.6 Å². The van der Waals surface area contributed by atoms with Gasteiger partial charge in [-0.25, -0.2) is 4.98 Å². The number of aromatic nitrogens is 1. The van der Waals surface area contributed by atoms with Gasteiger partial charge in [0.05, 0.1) is 11.6 Å². The molecular weight excluding hydrogens is 248 g/mol. The highest BCUT2D eigenvalue weighted by atomic mass is 35.5. The third-order valence-electron chi connectivity index (χ3n) is 3.05. The van der Waals surface area contributed by atoms with Gasteiger partial charge in [0.25, 0.3) is 5.91 Å². The van der Waals surface area contributed by atoms with E-state index in [1.165, 1.54) is 0 Å². The zero-order valence-corrected chi connectivity index (χ0v) is 10.6. The van der Waals surface area contributed by atoms with Crippen LogP contribution in [0, 0.1) is 6.92 Å². The number of benzene rings is 1. The van der Waals surface area contributed by atoms with Crippen LogP contribution in [0.25, 0.3) is 0 Å². The molecule has 0 N–H and O–H groups in total. The Labute approximate surface area is 110 Å². The molecule has 1 aromatic heterocycles. The van der Waals surface area contributed by atoms with Gasteiger partial charge in [-0.1, -0.05) is 29.3 Å². The average Bonchev–Trinajstić information content (AvgIpc) is 2.67. The van der Waals surface area contributed by atoms with E-state index < -0.39 is 0 Å². The summed E-state index contributed by atoms with van der Waals surface area (Å²) in [6, 6.07) is 9.38. The van der Waals surface area contributed by atoms with Gasteiger partial charge in [0.1, 0.15) is 5.82 Å². The number of fused-ring (bicyclic) bond motifs is 1. The molecule has 3 nitrogen and oxygen atoms in total. The Morgan fingerprint density at radius 3 is 2.83 bits per heavy atom. The number of rotatable bonds is 1. The third-order valence-corrected chi connectivity index (χ3v) is 3.28. The lowest BCUT2D eigenvalue weighted by Gasteiger charge is -2.13. The average molecular weight is 259 g/mol. The topological polar surface area (TPSA) is 33.2 Å². The fourth-order valence-corrected chi connectivity index (χ4v) is 2.27. The van der Waals surface area contributed by atoms with Crippen molar-refractivity contribution < 1.29 is 4.79 Å². The fourth-order valence-electron chi connectivity index (χ4n) is 2.16. The molecule has 4 heteroatoms. The molecule has 18 heavy (non-hydrogen) atoms. The molecule has 1 amide bonds. The summed E-state index contributed by atoms with van der Waals surface area (Å²) in [5, 5.41) is 0.568. The maximum Gasteiger partial charge on any atom is 0.260 e. The minimum absolute atomic E-state index is 0.000164. The van der Waals surface area contributed by atoms with Crippen molar-refractivity contribution in [3.63, 3.8) is 0 Å². The summed E-state index contributed by atoms with van der Waals surface area (Å²) < 4.78 is 0. The minimum Gasteiger partial charge on any atom is -0.288 e. The zero-order valence-electron chi connectivity index (χ0n) is 9.85. The molecule has 1 aliphatic rings. The Morgan fingerprint density at radius 1 is 1.28 bits per heavy atom. The fraction of sp³-hybridized carbons (Fsp3) is 0.143. The first-order valence-electron chi connectivity index (χ1n) is 5.68. The molecule has 1 aliphatic heterocycles. The first kappa shape index (κ1) is 11.2. The van der Waals surface area contributed by atoms with Crippen LogP contribution in [0.3, 0.4) is 0 Å². The lowest BCUT2D eigenvalue weighted by atomic mass is 10.1. The van der Waals surface area contributed by atoms with Gasteiger partial charge in [-0.15, -0.1) is 0 Å². The molecule has 0 unspecified atom stereocenters. The van der Waals surface area contributed by atoms with Crippen LogP contribution in [0.4, 0.5) is 5.82 Å². The molecule has 0 spiro atoms. The van der Waals surface area contributed by atoms with Crippen molar-refractivity contribution in [3.8, 4) is 0 Å². The molecular formula is C14H11ClN2O. The van der Waals surface area contributed by atoms with Crippen molar-refractivity contribution in [3.05, 3.63) is 58.2 Å². The van der Waals surface area contributed by atoms with Crippen molar-refractivity contribution in [2.45, 2.75) is 13.5 Å². The summed E-state index contributed by atoms with van der Waals surface area (Å²) in [7, 11) is 0. The molecule has 0 radical (unpaired) electrons. The molecule has 2 heterocycles. The van der Waals surface area contributed by atoms with Crippen LogP contribution in [0.1, 0.15) is 21.5 Å². The molecule has 3 rings (SSSR count). The van der Waals surface area contributed by atoms with Crippen LogP contribution in [0.2, 0.25) is 5.02 Å². The maximum atomic E-state index is 12.2. The number of hydrogen-bond acceptors (Lipinski definition) is 2. The van der Waals surface area contributed by atoms with E-state index in [0.717, 1.165) is 16.7 Å². The highest BCUT2D eigenvalue weighted by Gasteiger charge is 2.28. The Balaban J connectivity index is 1.99. The quantitative estimate of drug-likeness (QED) is 0.787. The summed E-state index contributed by atoms with van der Waals surface area (Å²) in [6.45, 7) is 2.60. The van der Waals surface area contributed by atoms with Crippen molar-refractivity contribution in [2.75, 3.05) is 4.90 Å². The van der Waals surface area contributed by atoms with Gasteiger partial charge in [-0.05, 0) is 30.7 Å². The Hall–Kier alpha value is -1.87. The summed E-state index contributed by atoms with van der Waals surface area (Å²) >= 11 is 5.80. The smallest absolute Gasteiger partial charge is 0.260 e. The number of halogens is 1. The first-order valence-corrected chi connectivity index (χ1v) is 6.06. The molecule has 90 valence electrons. The zero-order chi connectivity index (χ0) is 12.7. The summed E-state index contributed by atoms with van der Waals surface area (Å²) in [6.07, 6.45) is 1.55. The molecule has 0 saturated heterocycles. The van der Waals surface area contributed by atoms with E-state index >= 15 is 0 Å². The van der Waals surface area contributed by atoms with Gasteiger partial charge in [-0.3, -0.25) is 9.69 Å². The normalized spacial score (nSPS) is 13.9. The van der Waals surface area contributed by atoms with Gasteiger partial charge < -0.3 is 0 Å². The van der Waals surface area contributed by atoms with Gasteiger partial charge >= 0.3 is 0 Å². The van der Waals surface area contributed by atoms with Crippen LogP contribution in [0.15, 0.2) is 36.5 Å². The molecule has 1 aromatic carbocycles. The van der Waals surface area contributed by atoms with Crippen molar-refractivity contribution in [1.82, 2.24) is 4.98 Å². The van der Waals surface area contributed by atoms with Gasteiger partial charge in [0, 0.05) is 11.8 Å². The van der Waals surface area contributed by atoms with Crippen molar-refractivity contribution >= 4 is 23.3 Å². The largest absolute Gasteiger partial charge is 0.288 e. The maximum absolute atomic E-state index is 12.2. The third kappa shape index (κ3) is 1.77. The number of amides is 1. The van der Waals surface area contributed by atoms with Gasteiger partial charge in [0.2, 0.25) is 0 Å². The molecule has 0 aliphatic carbocycles. The highest BCUT2D eigenvalue weighted by Crippen LogP contribution is 2.28. The number of carbonyl (C=O) groups is 1. The Bertz CT molecular complexity index is 622. The molecule has 0 saturated carbocycles. The highest BCUT2D eigenvalue weighted by molar-refractivity contribution is 6.30. The Kier molecular flexibility index (Phi) is 2.56. The lowest BCUT2D eigenvalue weighted by Crippen LogP contribution is -2.23. The second-order valence-electron chi connectivity index (χ2n) is 4.39. The predicted octanol–water partition coefficient (Wildman–Crippen LogP) is 3.20. The van der Waals surface area contributed by atoms with Crippen LogP contribution < -0.4 is 4.90 Å². The van der Waals surface area contributed by atoms with E-state index in [-0.39, 0.29) is 5.91 Å². The second-order valence-corrected chi connectivity index (χ2v) is 4.82. The van der Waals surface area contributed by atoms with E-state index in [1.54, 1.807) is 23.2 Å². The number of aryl methyl sites for hydroxylation is 1. The summed E-state index contributed by atoms with van der Waals surface area (Å²) in [5.74, 6) is 0.637. The number of anilines is 1. The number of hydrogen-bond donors (Lipinski definition) is 0. The molecule has 0 bridgehead atoms. The summed E-state index contributed by atoms with van der Waals surface area (Å²) in [4.78, 5) is 18.1. The van der Waals surface area contributed by atoms with E-state index in [0.29, 0.717) is 17.4 Å². The van der Waals surface area contributed by atoms with E-state index in [2.05, 4.69) is 4.98 Å². The molecule has 0 atom stereocenters. The van der Waals surface area contributed by atoms with Crippen LogP contribution in [0.5, 0.6) is 0 Å². The van der Waals surface area contributed by atoms with Crippen LogP contribution in [-0.4, -0.2) is 10.9 Å². The van der Waals surface area contributed by atoms with Gasteiger partial charge in [0.15, 0.2) is 0 Å². The second kappa shape index (κ2) is 4.10. The van der Waals surface area contributed by atoms with Crippen molar-refractivity contribution in [2.24, 2.45) is 0 Å². The Morgan fingerprint density at radius 2 is 2.11 bits per heavy atom. The van der Waals surface area contributed by atoms with Crippen molar-refractivity contribution in [1.29, 1.82) is 0 Å². The van der Waals surface area contributed by atoms with Crippen LogP contribution in [-0.2, 0) is 6.54 Å². The van der Waals surface area contributed by atoms with Crippen LogP contribution >= 0.6 is 11.6 Å². The monoisotopic (exact) mass is 258 g/mol. The SMILES string of the molecule is Cc1ccc2c(c1)CN(c1ccc(Cl)cn1)C2=O. The lowest BCUT2D eigenvalue weighted by molar-refractivity contribution is 0.0996. The van der Waals surface area contributed by atoms with Gasteiger partial charge in [-0.2, -0.15) is 0 Å². The number of pyridine rings is 1. The molecule has 2 aromatic rings. The first-order chi connectivity index (χ1) is 8.65.